The molecule has 2 heterocycles. The second-order valence-corrected chi connectivity index (χ2v) is 8.95. The average Bonchev–Trinajstić information content (AvgIpc) is 3.27. The maximum Gasteiger partial charge on any atom is 0.416 e. The highest BCUT2D eigenvalue weighted by Crippen LogP contribution is 2.36. The van der Waals surface area contributed by atoms with Gasteiger partial charge < -0.3 is 5.11 Å². The number of pyridine rings is 1. The number of imidazole rings is 1. The van der Waals surface area contributed by atoms with Crippen LogP contribution in [0.2, 0.25) is 0 Å². The maximum atomic E-state index is 13.6. The van der Waals surface area contributed by atoms with Gasteiger partial charge >= 0.3 is 6.18 Å². The molecule has 5 nitrogen and oxygen atoms in total. The third kappa shape index (κ3) is 5.92. The number of aliphatic hydroxyl groups is 1. The molecule has 0 aliphatic carbocycles. The predicted octanol–water partition coefficient (Wildman–Crippen LogP) is 5.98. The summed E-state index contributed by atoms with van der Waals surface area (Å²) in [6, 6.07) is 11.6. The van der Waals surface area contributed by atoms with Crippen LogP contribution in [0.5, 0.6) is 0 Å². The Bertz CT molecular complexity index is 1310. The molecule has 1 N–H and O–H groups in total. The van der Waals surface area contributed by atoms with Gasteiger partial charge in [-0.15, -0.1) is 0 Å². The summed E-state index contributed by atoms with van der Waals surface area (Å²) in [7, 11) is 1.70. The van der Waals surface area contributed by atoms with Gasteiger partial charge in [0.05, 0.1) is 17.5 Å². The van der Waals surface area contributed by atoms with Crippen LogP contribution in [0.1, 0.15) is 28.6 Å². The fourth-order valence-corrected chi connectivity index (χ4v) is 4.65. The first-order valence-corrected chi connectivity index (χ1v) is 11.7. The zero-order valence-corrected chi connectivity index (χ0v) is 19.8. The minimum Gasteiger partial charge on any atom is -0.372 e. The van der Waals surface area contributed by atoms with Gasteiger partial charge in [-0.3, -0.25) is 14.5 Å². The summed E-state index contributed by atoms with van der Waals surface area (Å²) in [5.74, 6) is -1.60. The quantitative estimate of drug-likeness (QED) is 0.176. The van der Waals surface area contributed by atoms with Crippen molar-refractivity contribution in [3.63, 3.8) is 0 Å². The van der Waals surface area contributed by atoms with Crippen molar-refractivity contribution < 1.29 is 27.1 Å². The van der Waals surface area contributed by atoms with E-state index >= 15 is 0 Å². The minimum atomic E-state index is -4.72. The van der Waals surface area contributed by atoms with Crippen molar-refractivity contribution >= 4 is 11.8 Å². The zero-order valence-electron chi connectivity index (χ0n) is 19.0. The minimum absolute atomic E-state index is 0.112. The normalized spacial score (nSPS) is 12.8. The van der Waals surface area contributed by atoms with Crippen molar-refractivity contribution in [2.75, 3.05) is 7.05 Å². The monoisotopic (exact) mass is 520 g/mol. The Kier molecular flexibility index (Phi) is 7.72. The summed E-state index contributed by atoms with van der Waals surface area (Å²) >= 11 is 0.987. The van der Waals surface area contributed by atoms with E-state index in [9.17, 15) is 27.1 Å². The molecule has 0 fully saturated rings. The molecule has 0 aliphatic rings. The van der Waals surface area contributed by atoms with Gasteiger partial charge in [0.15, 0.2) is 11.4 Å². The Morgan fingerprint density at radius 1 is 1.00 bits per heavy atom. The van der Waals surface area contributed by atoms with Gasteiger partial charge in [0.2, 0.25) is 0 Å². The van der Waals surface area contributed by atoms with E-state index in [1.54, 1.807) is 28.9 Å². The van der Waals surface area contributed by atoms with Crippen molar-refractivity contribution in [1.29, 1.82) is 0 Å². The molecular weight excluding hydrogens is 499 g/mol. The van der Waals surface area contributed by atoms with E-state index in [1.807, 2.05) is 12.1 Å². The molecule has 0 saturated heterocycles. The van der Waals surface area contributed by atoms with E-state index in [2.05, 4.69) is 9.97 Å². The molecule has 0 bridgehead atoms. The van der Waals surface area contributed by atoms with Crippen LogP contribution in [0.25, 0.3) is 5.69 Å². The topological polar surface area (TPSA) is 54.2 Å². The van der Waals surface area contributed by atoms with E-state index in [4.69, 9.17) is 0 Å². The number of benzene rings is 2. The number of nitrogens with zero attached hydrogens (tertiary/aromatic N) is 4. The van der Waals surface area contributed by atoms with Crippen molar-refractivity contribution in [1.82, 2.24) is 19.4 Å². The molecule has 11 heteroatoms. The third-order valence-electron chi connectivity index (χ3n) is 5.44. The molecule has 4 rings (SSSR count). The molecule has 0 aliphatic heterocycles. The molecule has 188 valence electrons. The highest BCUT2D eigenvalue weighted by atomic mass is 32.2. The molecule has 1 unspecified atom stereocenters. The number of thioether (sulfide) groups is 1. The van der Waals surface area contributed by atoms with Gasteiger partial charge in [-0.1, -0.05) is 17.8 Å². The van der Waals surface area contributed by atoms with Crippen LogP contribution in [0.15, 0.2) is 78.3 Å². The lowest BCUT2D eigenvalue weighted by Crippen LogP contribution is -2.26. The van der Waals surface area contributed by atoms with Crippen LogP contribution in [0, 0.1) is 11.6 Å². The smallest absolute Gasteiger partial charge is 0.372 e. The largest absolute Gasteiger partial charge is 0.416 e. The number of alkyl halides is 3. The summed E-state index contributed by atoms with van der Waals surface area (Å²) in [5, 5.41) is 11.4. The number of rotatable bonds is 8. The Hall–Kier alpha value is -3.28. The van der Waals surface area contributed by atoms with E-state index in [0.29, 0.717) is 24.0 Å². The number of hydrogen-bond acceptors (Lipinski definition) is 5. The van der Waals surface area contributed by atoms with Crippen LogP contribution in [0.3, 0.4) is 0 Å². The van der Waals surface area contributed by atoms with E-state index in [0.717, 1.165) is 29.5 Å². The highest BCUT2D eigenvalue weighted by molar-refractivity contribution is 7.98. The molecule has 0 radical (unpaired) electrons. The number of aromatic nitrogens is 3. The van der Waals surface area contributed by atoms with Gasteiger partial charge in [0.25, 0.3) is 0 Å². The fourth-order valence-electron chi connectivity index (χ4n) is 3.65. The SMILES string of the molecule is CN(Cc1ccncc1)C(O)c1cnc(SCc2ccc(F)cc2C(F)(F)F)n1-c1ccc(F)cc1. The summed E-state index contributed by atoms with van der Waals surface area (Å²) in [6.07, 6.45) is -1.16. The van der Waals surface area contributed by atoms with E-state index in [-0.39, 0.29) is 16.5 Å². The Labute approximate surface area is 208 Å². The average molecular weight is 521 g/mol. The second-order valence-electron chi connectivity index (χ2n) is 8.01. The van der Waals surface area contributed by atoms with Crippen LogP contribution < -0.4 is 0 Å². The lowest BCUT2D eigenvalue weighted by molar-refractivity contribution is -0.138. The van der Waals surface area contributed by atoms with E-state index < -0.39 is 29.6 Å². The number of aliphatic hydroxyl groups excluding tert-OH is 1. The first-order chi connectivity index (χ1) is 17.1. The van der Waals surface area contributed by atoms with Crippen LogP contribution in [-0.4, -0.2) is 31.6 Å². The Morgan fingerprint density at radius 2 is 1.67 bits per heavy atom. The zero-order chi connectivity index (χ0) is 25.9. The third-order valence-corrected chi connectivity index (χ3v) is 6.44. The summed E-state index contributed by atoms with van der Waals surface area (Å²) < 4.78 is 69.0. The summed E-state index contributed by atoms with van der Waals surface area (Å²) in [6.45, 7) is 0.380. The van der Waals surface area contributed by atoms with Crippen LogP contribution in [0.4, 0.5) is 22.0 Å². The van der Waals surface area contributed by atoms with Crippen molar-refractivity contribution in [2.45, 2.75) is 29.9 Å². The first kappa shape index (κ1) is 25.8. The molecule has 36 heavy (non-hydrogen) atoms. The Morgan fingerprint density at radius 3 is 2.33 bits per heavy atom. The van der Waals surface area contributed by atoms with Crippen molar-refractivity contribution in [2.24, 2.45) is 0 Å². The van der Waals surface area contributed by atoms with E-state index in [1.165, 1.54) is 30.5 Å². The molecular formula is C25H21F5N4OS. The maximum absolute atomic E-state index is 13.6. The number of halogens is 5. The molecule has 2 aromatic heterocycles. The Balaban J connectivity index is 1.66. The molecule has 0 saturated carbocycles. The molecule has 0 spiro atoms. The highest BCUT2D eigenvalue weighted by Gasteiger charge is 2.34. The summed E-state index contributed by atoms with van der Waals surface area (Å²) in [5.41, 5.74) is 0.547. The molecule has 1 atom stereocenters. The summed E-state index contributed by atoms with van der Waals surface area (Å²) in [4.78, 5) is 9.96. The van der Waals surface area contributed by atoms with Gasteiger partial charge in [-0.05, 0) is 66.7 Å². The van der Waals surface area contributed by atoms with Gasteiger partial charge in [-0.2, -0.15) is 13.2 Å². The fraction of sp³-hybridized carbons (Fsp3) is 0.200. The molecule has 0 amide bonds. The predicted molar refractivity (Wildman–Crippen MR) is 125 cm³/mol. The van der Waals surface area contributed by atoms with Crippen LogP contribution >= 0.6 is 11.8 Å². The van der Waals surface area contributed by atoms with Gasteiger partial charge in [0, 0.05) is 30.4 Å². The first-order valence-electron chi connectivity index (χ1n) is 10.7. The van der Waals surface area contributed by atoms with Gasteiger partial charge in [0.1, 0.15) is 11.6 Å². The lowest BCUT2D eigenvalue weighted by Gasteiger charge is -2.25. The second kappa shape index (κ2) is 10.8. The van der Waals surface area contributed by atoms with Crippen molar-refractivity contribution in [3.8, 4) is 5.69 Å². The van der Waals surface area contributed by atoms with Crippen LogP contribution in [-0.2, 0) is 18.5 Å². The lowest BCUT2D eigenvalue weighted by atomic mass is 10.1. The standard InChI is InChI=1S/C25H21F5N4OS/c1-33(14-16-8-10-31-11-9-16)23(35)22-13-32-24(34(22)20-6-4-18(26)5-7-20)36-15-17-2-3-19(27)12-21(17)25(28,29)30/h2-13,23,35H,14-15H2,1H3. The number of hydrogen-bond donors (Lipinski definition) is 1. The van der Waals surface area contributed by atoms with Crippen molar-refractivity contribution in [3.05, 3.63) is 107 Å². The van der Waals surface area contributed by atoms with Gasteiger partial charge in [-0.25, -0.2) is 13.8 Å². The molecule has 2 aromatic carbocycles. The molecule has 4 aromatic rings.